The van der Waals surface area contributed by atoms with Gasteiger partial charge >= 0.3 is 0 Å². The summed E-state index contributed by atoms with van der Waals surface area (Å²) in [7, 11) is 2.85. The summed E-state index contributed by atoms with van der Waals surface area (Å²) in [6.07, 6.45) is 5.32. The first-order chi connectivity index (χ1) is 5.73. The average molecular weight is 206 g/mol. The summed E-state index contributed by atoms with van der Waals surface area (Å²) < 4.78 is 5.63. The molecule has 0 radical (unpaired) electrons. The van der Waals surface area contributed by atoms with Crippen LogP contribution < -0.4 is 0 Å². The summed E-state index contributed by atoms with van der Waals surface area (Å²) in [4.78, 5) is 0. The van der Waals surface area contributed by atoms with Gasteiger partial charge in [-0.05, 0) is 26.4 Å². The molecule has 0 saturated heterocycles. The quantitative estimate of drug-likeness (QED) is 0.655. The molecule has 1 saturated carbocycles. The SMILES string of the molecule is COC1(C)CCCCC1SPC. The molecule has 3 atom stereocenters. The van der Waals surface area contributed by atoms with Crippen LogP contribution in [0.2, 0.25) is 0 Å². The van der Waals surface area contributed by atoms with Crippen LogP contribution in [-0.2, 0) is 4.74 Å². The molecule has 1 rings (SSSR count). The highest BCUT2D eigenvalue weighted by Gasteiger charge is 2.36. The summed E-state index contributed by atoms with van der Waals surface area (Å²) in [5, 5.41) is 0.736. The third-order valence-corrected chi connectivity index (χ3v) is 5.61. The zero-order chi connectivity index (χ0) is 9.03. The van der Waals surface area contributed by atoms with Crippen LogP contribution >= 0.6 is 19.2 Å². The van der Waals surface area contributed by atoms with Gasteiger partial charge in [0.05, 0.1) is 5.60 Å². The van der Waals surface area contributed by atoms with E-state index in [9.17, 15) is 0 Å². The molecule has 1 aliphatic carbocycles. The normalized spacial score (nSPS) is 37.8. The Morgan fingerprint density at radius 3 is 2.83 bits per heavy atom. The highest BCUT2D eigenvalue weighted by molar-refractivity contribution is 8.49. The number of ether oxygens (including phenoxy) is 1. The molecule has 12 heavy (non-hydrogen) atoms. The highest BCUT2D eigenvalue weighted by atomic mass is 32.7. The fourth-order valence-electron chi connectivity index (χ4n) is 1.83. The van der Waals surface area contributed by atoms with Crippen LogP contribution in [0.5, 0.6) is 0 Å². The third-order valence-electron chi connectivity index (χ3n) is 2.80. The number of hydrogen-bond acceptors (Lipinski definition) is 2. The van der Waals surface area contributed by atoms with Crippen molar-refractivity contribution in [1.29, 1.82) is 0 Å². The first kappa shape index (κ1) is 10.8. The van der Waals surface area contributed by atoms with Crippen molar-refractivity contribution in [3.63, 3.8) is 0 Å². The van der Waals surface area contributed by atoms with E-state index in [1.54, 1.807) is 0 Å². The Balaban J connectivity index is 2.53. The van der Waals surface area contributed by atoms with E-state index < -0.39 is 0 Å². The lowest BCUT2D eigenvalue weighted by molar-refractivity contribution is -0.0171. The molecule has 0 aromatic rings. The second-order valence-electron chi connectivity index (χ2n) is 3.57. The molecule has 0 aromatic carbocycles. The van der Waals surface area contributed by atoms with Crippen molar-refractivity contribution in [2.45, 2.75) is 43.5 Å². The van der Waals surface area contributed by atoms with E-state index in [1.807, 2.05) is 7.11 Å². The van der Waals surface area contributed by atoms with Crippen LogP contribution in [0.15, 0.2) is 0 Å². The van der Waals surface area contributed by atoms with Gasteiger partial charge in [0.1, 0.15) is 0 Å². The van der Waals surface area contributed by atoms with E-state index in [-0.39, 0.29) is 5.60 Å². The van der Waals surface area contributed by atoms with Gasteiger partial charge in [-0.15, -0.1) is 11.4 Å². The van der Waals surface area contributed by atoms with Crippen molar-refractivity contribution in [2.75, 3.05) is 13.8 Å². The third kappa shape index (κ3) is 2.37. The molecular weight excluding hydrogens is 187 g/mol. The van der Waals surface area contributed by atoms with Gasteiger partial charge in [0.2, 0.25) is 0 Å². The molecule has 0 bridgehead atoms. The first-order valence-corrected chi connectivity index (χ1v) is 7.71. The molecule has 3 unspecified atom stereocenters. The summed E-state index contributed by atoms with van der Waals surface area (Å²) in [5.41, 5.74) is 0.159. The molecule has 0 heterocycles. The van der Waals surface area contributed by atoms with Crippen LogP contribution in [0.4, 0.5) is 0 Å². The predicted octanol–water partition coefficient (Wildman–Crippen LogP) is 3.29. The molecule has 0 spiro atoms. The summed E-state index contributed by atoms with van der Waals surface area (Å²) in [6, 6.07) is 0. The van der Waals surface area contributed by atoms with Crippen molar-refractivity contribution in [3.8, 4) is 0 Å². The number of hydrogen-bond donors (Lipinski definition) is 0. The first-order valence-electron chi connectivity index (χ1n) is 4.60. The van der Waals surface area contributed by atoms with E-state index in [0.29, 0.717) is 0 Å². The van der Waals surface area contributed by atoms with Crippen LogP contribution in [0.25, 0.3) is 0 Å². The van der Waals surface area contributed by atoms with Gasteiger partial charge in [-0.2, -0.15) is 0 Å². The Bertz CT molecular complexity index is 140. The van der Waals surface area contributed by atoms with Gasteiger partial charge in [0, 0.05) is 12.4 Å². The Morgan fingerprint density at radius 2 is 2.25 bits per heavy atom. The Morgan fingerprint density at radius 1 is 1.50 bits per heavy atom. The van der Waals surface area contributed by atoms with Gasteiger partial charge in [-0.3, -0.25) is 0 Å². The minimum Gasteiger partial charge on any atom is -0.377 e. The molecule has 0 aliphatic heterocycles. The maximum atomic E-state index is 5.63. The summed E-state index contributed by atoms with van der Waals surface area (Å²) in [6.45, 7) is 4.53. The molecule has 0 aromatic heterocycles. The second kappa shape index (κ2) is 4.83. The van der Waals surface area contributed by atoms with E-state index in [0.717, 1.165) is 13.0 Å². The zero-order valence-electron chi connectivity index (χ0n) is 8.22. The maximum absolute atomic E-state index is 5.63. The van der Waals surface area contributed by atoms with Crippen LogP contribution in [0, 0.1) is 0 Å². The molecule has 0 amide bonds. The van der Waals surface area contributed by atoms with Gasteiger partial charge in [0.15, 0.2) is 0 Å². The van der Waals surface area contributed by atoms with Crippen LogP contribution in [-0.4, -0.2) is 24.6 Å². The van der Waals surface area contributed by atoms with Gasteiger partial charge in [0.25, 0.3) is 0 Å². The van der Waals surface area contributed by atoms with Crippen LogP contribution in [0.3, 0.4) is 0 Å². The van der Waals surface area contributed by atoms with E-state index >= 15 is 0 Å². The molecule has 0 N–H and O–H groups in total. The van der Waals surface area contributed by atoms with E-state index in [4.69, 9.17) is 4.74 Å². The van der Waals surface area contributed by atoms with Crippen LogP contribution in [0.1, 0.15) is 32.6 Å². The van der Waals surface area contributed by atoms with E-state index in [2.05, 4.69) is 25.0 Å². The standard InChI is InChI=1S/C9H19OPS/c1-9(10-2)7-5-4-6-8(9)12-11-3/h8,11H,4-7H2,1-3H3. The lowest BCUT2D eigenvalue weighted by atomic mass is 9.86. The van der Waals surface area contributed by atoms with Crippen molar-refractivity contribution >= 4 is 19.2 Å². The number of rotatable bonds is 3. The topological polar surface area (TPSA) is 9.23 Å². The lowest BCUT2D eigenvalue weighted by Gasteiger charge is -2.39. The summed E-state index contributed by atoms with van der Waals surface area (Å²) in [5.74, 6) is 0. The largest absolute Gasteiger partial charge is 0.377 e. The van der Waals surface area contributed by atoms with Gasteiger partial charge < -0.3 is 4.74 Å². The molecule has 1 fully saturated rings. The Kier molecular flexibility index (Phi) is 4.36. The minimum atomic E-state index is 0.159. The van der Waals surface area contributed by atoms with Crippen molar-refractivity contribution < 1.29 is 4.74 Å². The maximum Gasteiger partial charge on any atom is 0.0772 e. The molecule has 3 heteroatoms. The fraction of sp³-hybridized carbons (Fsp3) is 1.00. The van der Waals surface area contributed by atoms with E-state index in [1.165, 1.54) is 25.7 Å². The minimum absolute atomic E-state index is 0.159. The lowest BCUT2D eigenvalue weighted by Crippen LogP contribution is -2.41. The van der Waals surface area contributed by atoms with Gasteiger partial charge in [-0.25, -0.2) is 0 Å². The van der Waals surface area contributed by atoms with Crippen molar-refractivity contribution in [3.05, 3.63) is 0 Å². The molecule has 1 aliphatic rings. The summed E-state index contributed by atoms with van der Waals surface area (Å²) >= 11 is 2.09. The predicted molar refractivity (Wildman–Crippen MR) is 59.5 cm³/mol. The smallest absolute Gasteiger partial charge is 0.0772 e. The average Bonchev–Trinajstić information content (AvgIpc) is 2.10. The molecular formula is C9H19OPS. The molecule has 72 valence electrons. The fourth-order valence-corrected chi connectivity index (χ4v) is 4.82. The Hall–Kier alpha value is 0.740. The second-order valence-corrected chi connectivity index (χ2v) is 6.72. The highest BCUT2D eigenvalue weighted by Crippen LogP contribution is 2.44. The monoisotopic (exact) mass is 206 g/mol. The molecule has 1 nitrogen and oxygen atoms in total. The van der Waals surface area contributed by atoms with Gasteiger partial charge in [-0.1, -0.05) is 20.6 Å². The zero-order valence-corrected chi connectivity index (χ0v) is 10.0. The Labute approximate surface area is 81.6 Å². The van der Waals surface area contributed by atoms with Crippen molar-refractivity contribution in [1.82, 2.24) is 0 Å². The number of methoxy groups -OCH3 is 1. The van der Waals surface area contributed by atoms with Crippen molar-refractivity contribution in [2.24, 2.45) is 0 Å².